The van der Waals surface area contributed by atoms with Crippen molar-refractivity contribution in [3.8, 4) is 0 Å². The summed E-state index contributed by atoms with van der Waals surface area (Å²) in [5.41, 5.74) is 0. The van der Waals surface area contributed by atoms with Crippen LogP contribution in [0.4, 0.5) is 0 Å². The lowest BCUT2D eigenvalue weighted by molar-refractivity contribution is 0.342. The molecular formula is C2H7O4PS. The van der Waals surface area contributed by atoms with Crippen molar-refractivity contribution in [3.05, 3.63) is 0 Å². The zero-order valence-electron chi connectivity index (χ0n) is 4.54. The Morgan fingerprint density at radius 1 is 1.50 bits per heavy atom. The summed E-state index contributed by atoms with van der Waals surface area (Å²) in [7, 11) is -2.70. The Labute approximate surface area is 50.4 Å². The lowest BCUT2D eigenvalue weighted by atomic mass is 11.8. The molecule has 0 heterocycles. The predicted octanol–water partition coefficient (Wildman–Crippen LogP) is 0.117. The first kappa shape index (κ1) is 8.30. The molecular weight excluding hydrogens is 151 g/mol. The molecule has 0 fully saturated rings. The maximum atomic E-state index is 10.2. The van der Waals surface area contributed by atoms with Gasteiger partial charge < -0.3 is 0 Å². The first-order valence-corrected chi connectivity index (χ1v) is 4.52. The Balaban J connectivity index is 3.76. The molecule has 4 nitrogen and oxygen atoms in total. The molecule has 6 heteroatoms. The SMILES string of the molecule is COS(=O)(=O)OPC. The highest BCUT2D eigenvalue weighted by Gasteiger charge is 2.04. The second-order valence-electron chi connectivity index (χ2n) is 0.862. The summed E-state index contributed by atoms with van der Waals surface area (Å²) >= 11 is 0. The molecule has 1 unspecified atom stereocenters. The van der Waals surface area contributed by atoms with Crippen molar-refractivity contribution in [3.63, 3.8) is 0 Å². The summed E-state index contributed by atoms with van der Waals surface area (Å²) in [6, 6.07) is 0. The van der Waals surface area contributed by atoms with Crippen molar-refractivity contribution in [2.24, 2.45) is 0 Å². The van der Waals surface area contributed by atoms with Crippen LogP contribution in [0.5, 0.6) is 0 Å². The number of hydrogen-bond donors (Lipinski definition) is 0. The Morgan fingerprint density at radius 2 is 2.00 bits per heavy atom. The van der Waals surface area contributed by atoms with Gasteiger partial charge in [0.1, 0.15) is 0 Å². The van der Waals surface area contributed by atoms with Gasteiger partial charge in [-0.25, -0.2) is 3.97 Å². The van der Waals surface area contributed by atoms with Gasteiger partial charge in [-0.3, -0.25) is 4.18 Å². The van der Waals surface area contributed by atoms with E-state index in [0.717, 1.165) is 7.11 Å². The second kappa shape index (κ2) is 3.35. The normalized spacial score (nSPS) is 13.2. The van der Waals surface area contributed by atoms with Gasteiger partial charge in [0.15, 0.2) is 0 Å². The van der Waals surface area contributed by atoms with Crippen molar-refractivity contribution in [1.29, 1.82) is 0 Å². The molecule has 0 saturated carbocycles. The van der Waals surface area contributed by atoms with Gasteiger partial charge in [-0.2, -0.15) is 8.42 Å². The molecule has 0 aromatic heterocycles. The maximum absolute atomic E-state index is 10.2. The molecule has 0 aromatic rings. The average molecular weight is 158 g/mol. The molecule has 0 aliphatic rings. The van der Waals surface area contributed by atoms with Gasteiger partial charge >= 0.3 is 10.4 Å². The van der Waals surface area contributed by atoms with E-state index in [9.17, 15) is 8.42 Å². The van der Waals surface area contributed by atoms with Crippen LogP contribution in [0.3, 0.4) is 0 Å². The van der Waals surface area contributed by atoms with Gasteiger partial charge in [0.05, 0.1) is 7.11 Å². The lowest BCUT2D eigenvalue weighted by Crippen LogP contribution is -2.00. The Kier molecular flexibility index (Phi) is 3.48. The minimum absolute atomic E-state index is 0.0970. The summed E-state index contributed by atoms with van der Waals surface area (Å²) in [6.45, 7) is 1.59. The van der Waals surface area contributed by atoms with Crippen LogP contribution < -0.4 is 0 Å². The molecule has 0 spiro atoms. The van der Waals surface area contributed by atoms with E-state index >= 15 is 0 Å². The monoisotopic (exact) mass is 158 g/mol. The first-order chi connectivity index (χ1) is 3.62. The summed E-state index contributed by atoms with van der Waals surface area (Å²) in [5, 5.41) is 0. The van der Waals surface area contributed by atoms with E-state index in [1.165, 1.54) is 0 Å². The third-order valence-electron chi connectivity index (χ3n) is 0.390. The fourth-order valence-corrected chi connectivity index (χ4v) is 1.22. The first-order valence-electron chi connectivity index (χ1n) is 1.78. The highest BCUT2D eigenvalue weighted by atomic mass is 32.3. The Hall–Kier alpha value is 0.300. The van der Waals surface area contributed by atoms with Gasteiger partial charge in [-0.1, -0.05) is 0 Å². The van der Waals surface area contributed by atoms with Gasteiger partial charge in [0.25, 0.3) is 0 Å². The zero-order valence-corrected chi connectivity index (χ0v) is 6.36. The highest BCUT2D eigenvalue weighted by Crippen LogP contribution is 2.10. The largest absolute Gasteiger partial charge is 0.402 e. The van der Waals surface area contributed by atoms with E-state index in [2.05, 4.69) is 8.15 Å². The molecule has 0 N–H and O–H groups in total. The fourth-order valence-electron chi connectivity index (χ4n) is 0.136. The molecule has 0 aromatic carbocycles. The Morgan fingerprint density at radius 3 is 2.12 bits per heavy atom. The zero-order chi connectivity index (χ0) is 6.62. The maximum Gasteiger partial charge on any atom is 0.402 e. The lowest BCUT2D eigenvalue weighted by Gasteiger charge is -1.95. The fraction of sp³-hybridized carbons (Fsp3) is 1.00. The van der Waals surface area contributed by atoms with Crippen LogP contribution in [0, 0.1) is 0 Å². The van der Waals surface area contributed by atoms with Gasteiger partial charge in [-0.15, -0.1) is 0 Å². The van der Waals surface area contributed by atoms with Crippen LogP contribution in [0.2, 0.25) is 0 Å². The molecule has 0 aliphatic heterocycles. The number of hydrogen-bond acceptors (Lipinski definition) is 4. The second-order valence-corrected chi connectivity index (χ2v) is 3.09. The van der Waals surface area contributed by atoms with E-state index in [1.807, 2.05) is 0 Å². The van der Waals surface area contributed by atoms with Crippen LogP contribution in [0.15, 0.2) is 0 Å². The Bertz CT molecular complexity index is 138. The summed E-state index contributed by atoms with van der Waals surface area (Å²) in [4.78, 5) is 0. The van der Waals surface area contributed by atoms with Gasteiger partial charge in [-0.05, 0) is 6.66 Å². The van der Waals surface area contributed by atoms with Crippen molar-refractivity contribution >= 4 is 19.2 Å². The molecule has 8 heavy (non-hydrogen) atoms. The van der Waals surface area contributed by atoms with Crippen LogP contribution in [0.25, 0.3) is 0 Å². The van der Waals surface area contributed by atoms with E-state index in [1.54, 1.807) is 6.66 Å². The molecule has 0 bridgehead atoms. The third kappa shape index (κ3) is 3.32. The summed E-state index contributed by atoms with van der Waals surface area (Å²) in [6.07, 6.45) is 0. The van der Waals surface area contributed by atoms with E-state index < -0.39 is 10.4 Å². The highest BCUT2D eigenvalue weighted by molar-refractivity contribution is 7.85. The molecule has 50 valence electrons. The molecule has 0 rings (SSSR count). The van der Waals surface area contributed by atoms with Crippen molar-refractivity contribution in [2.75, 3.05) is 13.8 Å². The molecule has 0 radical (unpaired) electrons. The van der Waals surface area contributed by atoms with Crippen LogP contribution in [-0.2, 0) is 18.6 Å². The van der Waals surface area contributed by atoms with E-state index in [-0.39, 0.29) is 8.81 Å². The van der Waals surface area contributed by atoms with Crippen LogP contribution in [-0.4, -0.2) is 22.2 Å². The topological polar surface area (TPSA) is 52.6 Å². The smallest absolute Gasteiger partial charge is 0.251 e. The standard InChI is InChI=1S/C2H7O4PS/c1-5-8(3,4)6-7-2/h7H,1-2H3. The molecule has 0 amide bonds. The van der Waals surface area contributed by atoms with Crippen molar-refractivity contribution in [2.45, 2.75) is 0 Å². The van der Waals surface area contributed by atoms with Crippen LogP contribution >= 0.6 is 8.81 Å². The third-order valence-corrected chi connectivity index (χ3v) is 2.28. The molecule has 0 saturated heterocycles. The van der Waals surface area contributed by atoms with E-state index in [0.29, 0.717) is 0 Å². The number of rotatable bonds is 3. The predicted molar refractivity (Wildman–Crippen MR) is 31.3 cm³/mol. The average Bonchev–Trinajstić information content (AvgIpc) is 1.67. The minimum atomic E-state index is -3.66. The molecule has 0 aliphatic carbocycles. The van der Waals surface area contributed by atoms with Crippen molar-refractivity contribution in [1.82, 2.24) is 0 Å². The summed E-state index contributed by atoms with van der Waals surface area (Å²) < 4.78 is 28.4. The minimum Gasteiger partial charge on any atom is -0.251 e. The van der Waals surface area contributed by atoms with E-state index in [4.69, 9.17) is 0 Å². The van der Waals surface area contributed by atoms with Gasteiger partial charge in [0.2, 0.25) is 0 Å². The van der Waals surface area contributed by atoms with Crippen LogP contribution in [0.1, 0.15) is 0 Å². The van der Waals surface area contributed by atoms with Gasteiger partial charge in [0, 0.05) is 8.81 Å². The molecule has 1 atom stereocenters. The quantitative estimate of drug-likeness (QED) is 0.547. The summed E-state index contributed by atoms with van der Waals surface area (Å²) in [5.74, 6) is 0. The van der Waals surface area contributed by atoms with Crippen molar-refractivity contribution < 1.29 is 16.6 Å².